The summed E-state index contributed by atoms with van der Waals surface area (Å²) in [5.41, 5.74) is 4.46. The van der Waals surface area contributed by atoms with E-state index in [0.29, 0.717) is 0 Å². The second-order valence-electron chi connectivity index (χ2n) is 7.91. The number of anilines is 1. The average Bonchev–Trinajstić information content (AvgIpc) is 2.92. The summed E-state index contributed by atoms with van der Waals surface area (Å²) in [4.78, 5) is 9.76. The number of para-hydroxylation sites is 1. The predicted molar refractivity (Wildman–Crippen MR) is 116 cm³/mol. The summed E-state index contributed by atoms with van der Waals surface area (Å²) in [6.45, 7) is 5.53. The minimum atomic E-state index is 0. The van der Waals surface area contributed by atoms with Gasteiger partial charge in [0.05, 0.1) is 22.3 Å². The maximum absolute atomic E-state index is 4.89. The van der Waals surface area contributed by atoms with Crippen LogP contribution in [0.4, 0.5) is 5.69 Å². The van der Waals surface area contributed by atoms with Crippen molar-refractivity contribution in [2.75, 3.05) is 38.6 Å². The molecule has 1 aromatic carbocycles. The lowest BCUT2D eigenvalue weighted by atomic mass is 9.92. The van der Waals surface area contributed by atoms with Crippen molar-refractivity contribution >= 4 is 40.0 Å². The van der Waals surface area contributed by atoms with Gasteiger partial charge in [0.25, 0.3) is 0 Å². The van der Waals surface area contributed by atoms with E-state index >= 15 is 0 Å². The molecule has 0 N–H and O–H groups in total. The smallest absolute Gasteiger partial charge is 0.160 e. The van der Waals surface area contributed by atoms with Gasteiger partial charge in [-0.2, -0.15) is 5.10 Å². The number of hydrogen-bond acceptors (Lipinski definition) is 4. The molecule has 5 nitrogen and oxygen atoms in total. The van der Waals surface area contributed by atoms with Crippen LogP contribution in [-0.4, -0.2) is 53.4 Å². The van der Waals surface area contributed by atoms with E-state index in [1.54, 1.807) is 0 Å². The molecule has 0 spiro atoms. The first kappa shape index (κ1) is 19.9. The van der Waals surface area contributed by atoms with Crippen LogP contribution in [0.5, 0.6) is 0 Å². The lowest BCUT2D eigenvalue weighted by Gasteiger charge is -2.35. The van der Waals surface area contributed by atoms with E-state index < -0.39 is 0 Å². The van der Waals surface area contributed by atoms with Gasteiger partial charge in [-0.25, -0.2) is 4.98 Å². The molecule has 1 fully saturated rings. The molecule has 3 aromatic rings. The highest BCUT2D eigenvalue weighted by atomic mass is 35.5. The van der Waals surface area contributed by atoms with E-state index in [4.69, 9.17) is 4.98 Å². The Balaban J connectivity index is 0.00000210. The topological polar surface area (TPSA) is 37.2 Å². The molecule has 0 bridgehead atoms. The molecule has 2 aromatic heterocycles. The van der Waals surface area contributed by atoms with Gasteiger partial charge in [0, 0.05) is 25.5 Å². The van der Waals surface area contributed by atoms with Gasteiger partial charge in [-0.15, -0.1) is 12.4 Å². The fourth-order valence-electron chi connectivity index (χ4n) is 4.29. The normalized spacial score (nSPS) is 15.7. The number of aryl methyl sites for hydroxylation is 2. The third-order valence-electron chi connectivity index (χ3n) is 5.73. The van der Waals surface area contributed by atoms with Crippen LogP contribution in [0.25, 0.3) is 21.9 Å². The fraction of sp³-hybridized carbons (Fsp3) is 0.524. The minimum Gasteiger partial charge on any atom is -0.370 e. The summed E-state index contributed by atoms with van der Waals surface area (Å²) in [6, 6.07) is 8.52. The van der Waals surface area contributed by atoms with Crippen LogP contribution >= 0.6 is 12.4 Å². The third kappa shape index (κ3) is 3.76. The predicted octanol–water partition coefficient (Wildman–Crippen LogP) is 4.02. The van der Waals surface area contributed by atoms with Crippen molar-refractivity contribution in [1.82, 2.24) is 19.7 Å². The molecule has 0 unspecified atom stereocenters. The van der Waals surface area contributed by atoms with Crippen molar-refractivity contribution < 1.29 is 0 Å². The number of piperidine rings is 1. The first-order chi connectivity index (χ1) is 12.5. The van der Waals surface area contributed by atoms with Gasteiger partial charge in [-0.05, 0) is 58.8 Å². The monoisotopic (exact) mass is 387 g/mol. The van der Waals surface area contributed by atoms with Gasteiger partial charge in [-0.1, -0.05) is 18.2 Å². The zero-order chi connectivity index (χ0) is 18.3. The lowest BCUT2D eigenvalue weighted by molar-refractivity contribution is 0.313. The van der Waals surface area contributed by atoms with Crippen LogP contribution < -0.4 is 4.90 Å². The molecule has 0 aliphatic carbocycles. The summed E-state index contributed by atoms with van der Waals surface area (Å²) >= 11 is 0. The van der Waals surface area contributed by atoms with Crippen LogP contribution in [0, 0.1) is 12.8 Å². The summed E-state index contributed by atoms with van der Waals surface area (Å²) in [7, 11) is 6.33. The second-order valence-corrected chi connectivity index (χ2v) is 7.91. The summed E-state index contributed by atoms with van der Waals surface area (Å²) < 4.78 is 1.92. The number of halogens is 1. The van der Waals surface area contributed by atoms with Gasteiger partial charge in [-0.3, -0.25) is 4.68 Å². The van der Waals surface area contributed by atoms with Crippen LogP contribution in [0.15, 0.2) is 24.3 Å². The summed E-state index contributed by atoms with van der Waals surface area (Å²) in [5, 5.41) is 7.13. The molecular weight excluding hydrogens is 358 g/mol. The Kier molecular flexibility index (Phi) is 5.92. The van der Waals surface area contributed by atoms with Crippen molar-refractivity contribution in [3.8, 4) is 0 Å². The molecule has 6 heteroatoms. The molecule has 1 aliphatic rings. The Morgan fingerprint density at radius 3 is 2.56 bits per heavy atom. The SMILES string of the molecule is Cc1nn(C)c2nc3ccccc3c(N3CCC(CCN(C)C)CC3)c12.Cl. The van der Waals surface area contributed by atoms with Crippen molar-refractivity contribution in [2.45, 2.75) is 26.2 Å². The Bertz CT molecular complexity index is 925. The number of aromatic nitrogens is 3. The maximum atomic E-state index is 4.89. The van der Waals surface area contributed by atoms with E-state index in [0.717, 1.165) is 35.9 Å². The molecule has 0 saturated carbocycles. The zero-order valence-electron chi connectivity index (χ0n) is 16.8. The molecule has 1 aliphatic heterocycles. The highest BCUT2D eigenvalue weighted by Crippen LogP contribution is 2.37. The van der Waals surface area contributed by atoms with E-state index in [1.807, 2.05) is 11.7 Å². The largest absolute Gasteiger partial charge is 0.370 e. The van der Waals surface area contributed by atoms with Crippen LogP contribution in [0.3, 0.4) is 0 Å². The van der Waals surface area contributed by atoms with Crippen molar-refractivity contribution in [2.24, 2.45) is 13.0 Å². The van der Waals surface area contributed by atoms with Crippen molar-refractivity contribution in [3.05, 3.63) is 30.0 Å². The average molecular weight is 388 g/mol. The fourth-order valence-corrected chi connectivity index (χ4v) is 4.29. The number of nitrogens with zero attached hydrogens (tertiary/aromatic N) is 5. The second kappa shape index (κ2) is 8.03. The van der Waals surface area contributed by atoms with Crippen LogP contribution in [0.1, 0.15) is 25.0 Å². The maximum Gasteiger partial charge on any atom is 0.160 e. The van der Waals surface area contributed by atoms with Crippen LogP contribution in [0.2, 0.25) is 0 Å². The Hall–Kier alpha value is -1.85. The quantitative estimate of drug-likeness (QED) is 0.677. The van der Waals surface area contributed by atoms with Gasteiger partial charge in [0.2, 0.25) is 0 Å². The molecule has 3 heterocycles. The zero-order valence-corrected chi connectivity index (χ0v) is 17.6. The van der Waals surface area contributed by atoms with Crippen molar-refractivity contribution in [3.63, 3.8) is 0 Å². The minimum absolute atomic E-state index is 0. The number of benzene rings is 1. The number of hydrogen-bond donors (Lipinski definition) is 0. The van der Waals surface area contributed by atoms with E-state index in [-0.39, 0.29) is 12.4 Å². The summed E-state index contributed by atoms with van der Waals surface area (Å²) in [6.07, 6.45) is 3.84. The van der Waals surface area contributed by atoms with Crippen LogP contribution in [-0.2, 0) is 7.05 Å². The van der Waals surface area contributed by atoms with E-state index in [9.17, 15) is 0 Å². The van der Waals surface area contributed by atoms with Crippen molar-refractivity contribution in [1.29, 1.82) is 0 Å². The highest BCUT2D eigenvalue weighted by Gasteiger charge is 2.24. The first-order valence-electron chi connectivity index (χ1n) is 9.66. The summed E-state index contributed by atoms with van der Waals surface area (Å²) in [5.74, 6) is 0.840. The Morgan fingerprint density at radius 2 is 1.85 bits per heavy atom. The third-order valence-corrected chi connectivity index (χ3v) is 5.73. The molecule has 0 amide bonds. The van der Waals surface area contributed by atoms with Gasteiger partial charge in [0.15, 0.2) is 5.65 Å². The van der Waals surface area contributed by atoms with Gasteiger partial charge in [0.1, 0.15) is 0 Å². The first-order valence-corrected chi connectivity index (χ1v) is 9.66. The molecule has 146 valence electrons. The number of rotatable bonds is 4. The lowest BCUT2D eigenvalue weighted by Crippen LogP contribution is -2.35. The van der Waals surface area contributed by atoms with E-state index in [2.05, 4.69) is 60.2 Å². The number of pyridine rings is 1. The molecule has 4 rings (SSSR count). The molecule has 0 radical (unpaired) electrons. The Morgan fingerprint density at radius 1 is 1.15 bits per heavy atom. The standard InChI is InChI=1S/C21H29N5.ClH/c1-15-19-20(26-13-10-16(11-14-26)9-12-24(2)3)17-7-5-6-8-18(17)22-21(19)25(4)23-15;/h5-8,16H,9-14H2,1-4H3;1H. The van der Waals surface area contributed by atoms with Gasteiger partial charge < -0.3 is 9.80 Å². The van der Waals surface area contributed by atoms with Gasteiger partial charge >= 0.3 is 0 Å². The molecular formula is C21H30ClN5. The molecule has 27 heavy (non-hydrogen) atoms. The molecule has 0 atom stereocenters. The number of fused-ring (bicyclic) bond motifs is 2. The van der Waals surface area contributed by atoms with E-state index in [1.165, 1.54) is 42.3 Å². The Labute approximate surface area is 167 Å². The highest BCUT2D eigenvalue weighted by molar-refractivity contribution is 6.08. The molecule has 1 saturated heterocycles.